The Morgan fingerprint density at radius 2 is 1.89 bits per heavy atom. The number of thiophene rings is 1. The minimum Gasteiger partial charge on any atom is -0.478 e. The van der Waals surface area contributed by atoms with E-state index in [0.717, 1.165) is 20.9 Å². The highest BCUT2D eigenvalue weighted by molar-refractivity contribution is 7.15. The number of nitrogens with zero attached hydrogens (tertiary/aromatic N) is 2. The zero-order valence-electron chi connectivity index (χ0n) is 19.9. The van der Waals surface area contributed by atoms with Crippen molar-refractivity contribution in [2.24, 2.45) is 16.9 Å². The third kappa shape index (κ3) is 4.85. The van der Waals surface area contributed by atoms with E-state index in [1.165, 1.54) is 17.1 Å². The molecule has 2 amide bonds. The first-order valence-corrected chi connectivity index (χ1v) is 12.5. The summed E-state index contributed by atoms with van der Waals surface area (Å²) in [5.41, 5.74) is 3.78. The lowest BCUT2D eigenvalue weighted by Crippen LogP contribution is -2.28. The van der Waals surface area contributed by atoms with Crippen molar-refractivity contribution < 1.29 is 19.5 Å². The number of aryl methyl sites for hydroxylation is 1. The maximum absolute atomic E-state index is 13.2. The molecule has 0 spiro atoms. The van der Waals surface area contributed by atoms with Gasteiger partial charge in [-0.15, -0.1) is 11.3 Å². The Hall–Kier alpha value is -4.04. The van der Waals surface area contributed by atoms with Crippen molar-refractivity contribution in [3.63, 3.8) is 0 Å². The van der Waals surface area contributed by atoms with Crippen LogP contribution < -0.4 is 10.3 Å². The third-order valence-electron chi connectivity index (χ3n) is 6.40. The van der Waals surface area contributed by atoms with Gasteiger partial charge >= 0.3 is 5.97 Å². The van der Waals surface area contributed by atoms with Gasteiger partial charge in [-0.25, -0.2) is 9.80 Å². The van der Waals surface area contributed by atoms with Crippen molar-refractivity contribution in [3.05, 3.63) is 88.3 Å². The van der Waals surface area contributed by atoms with Crippen LogP contribution in [0.4, 0.5) is 5.69 Å². The number of carbonyl (C=O) groups excluding carboxylic acids is 2. The summed E-state index contributed by atoms with van der Waals surface area (Å²) in [6, 6.07) is 16.1. The largest absolute Gasteiger partial charge is 0.478 e. The zero-order valence-corrected chi connectivity index (χ0v) is 20.7. The third-order valence-corrected chi connectivity index (χ3v) is 7.56. The molecule has 0 saturated heterocycles. The van der Waals surface area contributed by atoms with Crippen molar-refractivity contribution in [2.75, 3.05) is 11.6 Å². The zero-order chi connectivity index (χ0) is 25.4. The number of hydrazone groups is 1. The fourth-order valence-electron chi connectivity index (χ4n) is 4.18. The Bertz CT molecular complexity index is 1430. The molecule has 8 heteroatoms. The Kier molecular flexibility index (Phi) is 6.28. The number of hydrogen-bond acceptors (Lipinski definition) is 5. The average molecular weight is 500 g/mol. The summed E-state index contributed by atoms with van der Waals surface area (Å²) < 4.78 is 0. The van der Waals surface area contributed by atoms with E-state index >= 15 is 0 Å². The first-order valence-electron chi connectivity index (χ1n) is 11.7. The molecule has 2 aromatic carbocycles. The lowest BCUT2D eigenvalue weighted by Gasteiger charge is -2.14. The molecule has 0 bridgehead atoms. The fraction of sp³-hybridized carbons (Fsp3) is 0.214. The molecule has 2 heterocycles. The van der Waals surface area contributed by atoms with E-state index in [9.17, 15) is 19.5 Å². The summed E-state index contributed by atoms with van der Waals surface area (Å²) in [5, 5.41) is 18.0. The number of carboxylic acid groups (broad SMARTS) is 1. The number of hydrogen-bond donors (Lipinski definition) is 2. The molecule has 7 nitrogen and oxygen atoms in total. The molecule has 1 atom stereocenters. The Balaban J connectivity index is 1.30. The molecular formula is C28H25N3O4S. The highest BCUT2D eigenvalue weighted by atomic mass is 32.1. The molecule has 182 valence electrons. The first-order chi connectivity index (χ1) is 17.3. The van der Waals surface area contributed by atoms with E-state index in [1.54, 1.807) is 23.5 Å². The molecule has 0 radical (unpaired) electrons. The second kappa shape index (κ2) is 9.54. The van der Waals surface area contributed by atoms with E-state index in [1.807, 2.05) is 44.2 Å². The minimum absolute atomic E-state index is 0.0738. The second-order valence-electron chi connectivity index (χ2n) is 9.06. The van der Waals surface area contributed by atoms with Crippen LogP contribution in [0.25, 0.3) is 10.4 Å². The van der Waals surface area contributed by atoms with Crippen molar-refractivity contribution in [2.45, 2.75) is 20.3 Å². The molecule has 2 N–H and O–H groups in total. The van der Waals surface area contributed by atoms with Gasteiger partial charge < -0.3 is 10.4 Å². The predicted octanol–water partition coefficient (Wildman–Crippen LogP) is 4.92. The summed E-state index contributed by atoms with van der Waals surface area (Å²) in [6.45, 7) is 4.37. The van der Waals surface area contributed by atoms with E-state index < -0.39 is 11.9 Å². The van der Waals surface area contributed by atoms with Gasteiger partial charge in [0.1, 0.15) is 0 Å². The monoisotopic (exact) mass is 499 g/mol. The van der Waals surface area contributed by atoms with Gasteiger partial charge in [-0.1, -0.05) is 30.4 Å². The van der Waals surface area contributed by atoms with Gasteiger partial charge in [0.05, 0.1) is 17.2 Å². The SMILES string of the molecule is CC1=NN(c2cccc(C(=O)O)c2)C(=O)C1Cc1ccc(-c2ccc(C)c(C(=O)NCC3C=C3)c2)s1. The smallest absolute Gasteiger partial charge is 0.335 e. The summed E-state index contributed by atoms with van der Waals surface area (Å²) in [7, 11) is 0. The lowest BCUT2D eigenvalue weighted by molar-refractivity contribution is -0.119. The minimum atomic E-state index is -1.05. The Labute approximate surface area is 212 Å². The van der Waals surface area contributed by atoms with Crippen LogP contribution in [0.3, 0.4) is 0 Å². The molecule has 2 aliphatic rings. The van der Waals surface area contributed by atoms with Crippen molar-refractivity contribution in [3.8, 4) is 10.4 Å². The van der Waals surface area contributed by atoms with Gasteiger partial charge in [0.15, 0.2) is 0 Å². The van der Waals surface area contributed by atoms with Crippen molar-refractivity contribution in [1.82, 2.24) is 5.32 Å². The van der Waals surface area contributed by atoms with Crippen LogP contribution in [0.15, 0.2) is 71.9 Å². The van der Waals surface area contributed by atoms with Crippen LogP contribution in [-0.2, 0) is 11.2 Å². The molecule has 0 fully saturated rings. The van der Waals surface area contributed by atoms with Gasteiger partial charge in [-0.2, -0.15) is 5.10 Å². The molecule has 1 aliphatic heterocycles. The van der Waals surface area contributed by atoms with E-state index in [4.69, 9.17) is 0 Å². The van der Waals surface area contributed by atoms with Gasteiger partial charge in [0, 0.05) is 33.5 Å². The molecular weight excluding hydrogens is 474 g/mol. The van der Waals surface area contributed by atoms with Crippen molar-refractivity contribution >= 4 is 40.5 Å². The van der Waals surface area contributed by atoms with Gasteiger partial charge in [0.2, 0.25) is 0 Å². The number of nitrogens with one attached hydrogen (secondary N) is 1. The highest BCUT2D eigenvalue weighted by Gasteiger charge is 2.35. The van der Waals surface area contributed by atoms with Gasteiger partial charge in [-0.3, -0.25) is 9.59 Å². The van der Waals surface area contributed by atoms with Crippen molar-refractivity contribution in [1.29, 1.82) is 0 Å². The summed E-state index contributed by atoms with van der Waals surface area (Å²) in [6.07, 6.45) is 4.62. The number of anilines is 1. The molecule has 5 rings (SSSR count). The highest BCUT2D eigenvalue weighted by Crippen LogP contribution is 2.33. The van der Waals surface area contributed by atoms with E-state index in [0.29, 0.717) is 35.8 Å². The number of aromatic carboxylic acids is 1. The predicted molar refractivity (Wildman–Crippen MR) is 141 cm³/mol. The van der Waals surface area contributed by atoms with E-state index in [-0.39, 0.29) is 17.4 Å². The summed E-state index contributed by atoms with van der Waals surface area (Å²) >= 11 is 1.59. The normalized spacial score (nSPS) is 16.8. The van der Waals surface area contributed by atoms with Crippen LogP contribution >= 0.6 is 11.3 Å². The Morgan fingerprint density at radius 3 is 2.64 bits per heavy atom. The fourth-order valence-corrected chi connectivity index (χ4v) is 5.23. The standard InChI is InChI=1S/C28H25N3O4S/c1-16-6-9-19(13-23(16)26(32)29-15-18-7-8-18)25-11-10-22(36-25)14-24-17(2)30-31(27(24)33)21-5-3-4-20(12-21)28(34)35/h3-13,18,24H,14-15H2,1-2H3,(H,29,32)(H,34,35). The quantitative estimate of drug-likeness (QED) is 0.430. The van der Waals surface area contributed by atoms with Crippen LogP contribution in [0, 0.1) is 18.8 Å². The molecule has 1 aliphatic carbocycles. The lowest BCUT2D eigenvalue weighted by atomic mass is 9.99. The van der Waals surface area contributed by atoms with Crippen LogP contribution in [0.5, 0.6) is 0 Å². The Morgan fingerprint density at radius 1 is 1.08 bits per heavy atom. The maximum Gasteiger partial charge on any atom is 0.335 e. The average Bonchev–Trinajstić information content (AvgIpc) is 3.52. The second-order valence-corrected chi connectivity index (χ2v) is 10.2. The first kappa shape index (κ1) is 23.7. The van der Waals surface area contributed by atoms with Crippen LogP contribution in [-0.4, -0.2) is 35.1 Å². The number of carboxylic acids is 1. The molecule has 3 aromatic rings. The van der Waals surface area contributed by atoms with Crippen LogP contribution in [0.1, 0.15) is 38.1 Å². The number of rotatable bonds is 8. The topological polar surface area (TPSA) is 99.1 Å². The van der Waals surface area contributed by atoms with Gasteiger partial charge in [-0.05, 0) is 67.8 Å². The van der Waals surface area contributed by atoms with Gasteiger partial charge in [0.25, 0.3) is 11.8 Å². The van der Waals surface area contributed by atoms with E-state index in [2.05, 4.69) is 22.6 Å². The number of carbonyl (C=O) groups is 3. The summed E-state index contributed by atoms with van der Waals surface area (Å²) in [4.78, 5) is 39.2. The summed E-state index contributed by atoms with van der Waals surface area (Å²) in [5.74, 6) is -1.34. The molecule has 36 heavy (non-hydrogen) atoms. The van der Waals surface area contributed by atoms with Crippen LogP contribution in [0.2, 0.25) is 0 Å². The maximum atomic E-state index is 13.2. The molecule has 1 aromatic heterocycles. The number of benzene rings is 2. The molecule has 1 unspecified atom stereocenters. The number of amides is 2. The molecule has 0 saturated carbocycles.